The monoisotopic (exact) mass is 390 g/mol. The third kappa shape index (κ3) is 2.99. The van der Waals surface area contributed by atoms with E-state index >= 15 is 0 Å². The molecule has 1 aliphatic heterocycles. The summed E-state index contributed by atoms with van der Waals surface area (Å²) in [5.74, 6) is -0.318. The van der Waals surface area contributed by atoms with E-state index in [1.807, 2.05) is 66.9 Å². The zero-order chi connectivity index (χ0) is 20.7. The average Bonchev–Trinajstić information content (AvgIpc) is 3.06. The number of para-hydroxylation sites is 2. The molecule has 4 heteroatoms. The van der Waals surface area contributed by atoms with E-state index < -0.39 is 0 Å². The molecule has 2 heterocycles. The number of hydrogen-bond acceptors (Lipinski definition) is 3. The lowest BCUT2D eigenvalue weighted by Gasteiger charge is -2.16. The van der Waals surface area contributed by atoms with Crippen LogP contribution in [0.25, 0.3) is 28.1 Å². The van der Waals surface area contributed by atoms with Crippen molar-refractivity contribution in [2.75, 3.05) is 4.90 Å². The zero-order valence-electron chi connectivity index (χ0n) is 16.4. The maximum Gasteiger partial charge on any atom is 0.228 e. The molecule has 4 nitrogen and oxygen atoms in total. The maximum absolute atomic E-state index is 12.9. The number of anilines is 1. The molecule has 1 aliphatic rings. The van der Waals surface area contributed by atoms with Crippen LogP contribution in [0.15, 0.2) is 90.8 Å². The van der Waals surface area contributed by atoms with Gasteiger partial charge in [0.05, 0.1) is 16.9 Å². The quantitative estimate of drug-likeness (QED) is 0.425. The van der Waals surface area contributed by atoms with Crippen molar-refractivity contribution >= 4 is 34.4 Å². The van der Waals surface area contributed by atoms with Crippen LogP contribution in [0, 0.1) is 0 Å². The largest absolute Gasteiger partial charge is 0.287 e. The van der Waals surface area contributed by atoms with Crippen molar-refractivity contribution in [1.82, 2.24) is 4.98 Å². The Labute approximate surface area is 174 Å². The van der Waals surface area contributed by atoms with Crippen LogP contribution < -0.4 is 4.90 Å². The lowest BCUT2D eigenvalue weighted by atomic mass is 10.0. The molecule has 1 aromatic heterocycles. The van der Waals surface area contributed by atoms with Crippen LogP contribution in [-0.2, 0) is 4.79 Å². The summed E-state index contributed by atoms with van der Waals surface area (Å²) in [5.41, 5.74) is 5.46. The molecule has 3 aromatic carbocycles. The lowest BCUT2D eigenvalue weighted by molar-refractivity contribution is -0.116. The number of fused-ring (bicyclic) bond motifs is 2. The molecular weight excluding hydrogens is 372 g/mol. The van der Waals surface area contributed by atoms with Gasteiger partial charge >= 0.3 is 0 Å². The maximum atomic E-state index is 12.9. The molecule has 0 saturated heterocycles. The van der Waals surface area contributed by atoms with Gasteiger partial charge in [-0.25, -0.2) is 0 Å². The van der Waals surface area contributed by atoms with Gasteiger partial charge in [0.1, 0.15) is 0 Å². The molecule has 30 heavy (non-hydrogen) atoms. The van der Waals surface area contributed by atoms with Gasteiger partial charge in [-0.1, -0.05) is 54.6 Å². The number of benzene rings is 3. The standard InChI is InChI=1S/C26H18N2O2/c1-17(29)28-24-9-5-3-7-22(24)26(30)25(28)14-18-10-12-19(13-11-18)21-15-20-6-2-4-8-23(20)27-16-21/h2-16H,1H3/b25-14+. The molecule has 0 fully saturated rings. The van der Waals surface area contributed by atoms with E-state index in [1.165, 1.54) is 11.8 Å². The van der Waals surface area contributed by atoms with Crippen LogP contribution in [0.4, 0.5) is 5.69 Å². The highest BCUT2D eigenvalue weighted by molar-refractivity contribution is 6.26. The minimum Gasteiger partial charge on any atom is -0.287 e. The van der Waals surface area contributed by atoms with Crippen molar-refractivity contribution in [2.45, 2.75) is 6.92 Å². The molecule has 0 aliphatic carbocycles. The fraction of sp³-hybridized carbons (Fsp3) is 0.0385. The second-order valence-corrected chi connectivity index (χ2v) is 7.27. The van der Waals surface area contributed by atoms with Crippen molar-refractivity contribution in [3.63, 3.8) is 0 Å². The van der Waals surface area contributed by atoms with E-state index in [4.69, 9.17) is 0 Å². The Morgan fingerprint density at radius 2 is 1.63 bits per heavy atom. The SMILES string of the molecule is CC(=O)N1/C(=C/c2ccc(-c3cnc4ccccc4c3)cc2)C(=O)c2ccccc21. The molecule has 0 radical (unpaired) electrons. The molecular formula is C26H18N2O2. The van der Waals surface area contributed by atoms with Gasteiger partial charge in [0.25, 0.3) is 0 Å². The van der Waals surface area contributed by atoms with Crippen molar-refractivity contribution in [1.29, 1.82) is 0 Å². The van der Waals surface area contributed by atoms with Crippen molar-refractivity contribution in [3.8, 4) is 11.1 Å². The lowest BCUT2D eigenvalue weighted by Crippen LogP contribution is -2.25. The van der Waals surface area contributed by atoms with Crippen LogP contribution in [0.2, 0.25) is 0 Å². The van der Waals surface area contributed by atoms with E-state index in [9.17, 15) is 9.59 Å². The highest BCUT2D eigenvalue weighted by atomic mass is 16.2. The van der Waals surface area contributed by atoms with E-state index in [0.717, 1.165) is 27.6 Å². The molecule has 0 saturated carbocycles. The molecule has 0 spiro atoms. The van der Waals surface area contributed by atoms with Crippen LogP contribution in [0.1, 0.15) is 22.8 Å². The smallest absolute Gasteiger partial charge is 0.228 e. The van der Waals surface area contributed by atoms with Gasteiger partial charge in [0.15, 0.2) is 0 Å². The Hall–Kier alpha value is -4.05. The van der Waals surface area contributed by atoms with Gasteiger partial charge in [-0.2, -0.15) is 0 Å². The predicted octanol–water partition coefficient (Wildman–Crippen LogP) is 5.49. The summed E-state index contributed by atoms with van der Waals surface area (Å²) in [6.07, 6.45) is 3.64. The molecule has 0 atom stereocenters. The summed E-state index contributed by atoms with van der Waals surface area (Å²) in [4.78, 5) is 31.1. The first-order valence-electron chi connectivity index (χ1n) is 9.73. The fourth-order valence-electron chi connectivity index (χ4n) is 3.86. The molecule has 1 amide bonds. The number of nitrogens with zero attached hydrogens (tertiary/aromatic N) is 2. The second-order valence-electron chi connectivity index (χ2n) is 7.27. The summed E-state index contributed by atoms with van der Waals surface area (Å²) in [5, 5.41) is 1.09. The third-order valence-corrected chi connectivity index (χ3v) is 5.32. The summed E-state index contributed by atoms with van der Waals surface area (Å²) in [6, 6.07) is 25.2. The number of aromatic nitrogens is 1. The number of Topliss-reactive ketones (excluding diaryl/α,β-unsaturated/α-hetero) is 1. The van der Waals surface area contributed by atoms with Gasteiger partial charge in [-0.15, -0.1) is 0 Å². The molecule has 4 aromatic rings. The first-order chi connectivity index (χ1) is 14.6. The first kappa shape index (κ1) is 18.0. The highest BCUT2D eigenvalue weighted by Gasteiger charge is 2.34. The van der Waals surface area contributed by atoms with Crippen molar-refractivity contribution < 1.29 is 9.59 Å². The average molecular weight is 390 g/mol. The van der Waals surface area contributed by atoms with Gasteiger partial charge in [0, 0.05) is 29.6 Å². The molecule has 0 bridgehead atoms. The highest BCUT2D eigenvalue weighted by Crippen LogP contribution is 2.35. The number of carbonyl (C=O) groups is 2. The van der Waals surface area contributed by atoms with E-state index in [-0.39, 0.29) is 11.7 Å². The van der Waals surface area contributed by atoms with E-state index in [1.54, 1.807) is 18.2 Å². The van der Waals surface area contributed by atoms with E-state index in [2.05, 4.69) is 11.1 Å². The van der Waals surface area contributed by atoms with Gasteiger partial charge in [-0.3, -0.25) is 19.5 Å². The Kier molecular flexibility index (Phi) is 4.25. The van der Waals surface area contributed by atoms with Crippen LogP contribution >= 0.6 is 0 Å². The summed E-state index contributed by atoms with van der Waals surface area (Å²) < 4.78 is 0. The summed E-state index contributed by atoms with van der Waals surface area (Å²) in [7, 11) is 0. The third-order valence-electron chi connectivity index (χ3n) is 5.32. The Bertz CT molecular complexity index is 1340. The molecule has 0 N–H and O–H groups in total. The van der Waals surface area contributed by atoms with E-state index in [0.29, 0.717) is 16.9 Å². The van der Waals surface area contributed by atoms with Crippen LogP contribution in [-0.4, -0.2) is 16.7 Å². The number of pyridine rings is 1. The minimum atomic E-state index is -0.182. The topological polar surface area (TPSA) is 50.3 Å². The second kappa shape index (κ2) is 7.08. The predicted molar refractivity (Wildman–Crippen MR) is 119 cm³/mol. The van der Waals surface area contributed by atoms with Crippen LogP contribution in [0.5, 0.6) is 0 Å². The number of hydrogen-bond donors (Lipinski definition) is 0. The van der Waals surface area contributed by atoms with Crippen LogP contribution in [0.3, 0.4) is 0 Å². The number of allylic oxidation sites excluding steroid dienone is 1. The molecule has 5 rings (SSSR count). The molecule has 0 unspecified atom stereocenters. The molecule has 144 valence electrons. The normalized spacial score (nSPS) is 14.4. The van der Waals surface area contributed by atoms with Gasteiger partial charge < -0.3 is 0 Å². The number of ketones is 1. The Morgan fingerprint density at radius 1 is 0.900 bits per heavy atom. The summed E-state index contributed by atoms with van der Waals surface area (Å²) in [6.45, 7) is 1.47. The Morgan fingerprint density at radius 3 is 2.43 bits per heavy atom. The number of rotatable bonds is 2. The summed E-state index contributed by atoms with van der Waals surface area (Å²) >= 11 is 0. The van der Waals surface area contributed by atoms with Crippen molar-refractivity contribution in [2.24, 2.45) is 0 Å². The number of carbonyl (C=O) groups excluding carboxylic acids is 2. The Balaban J connectivity index is 1.50. The minimum absolute atomic E-state index is 0.136. The van der Waals surface area contributed by atoms with Crippen molar-refractivity contribution in [3.05, 3.63) is 102 Å². The zero-order valence-corrected chi connectivity index (χ0v) is 16.4. The van der Waals surface area contributed by atoms with Gasteiger partial charge in [-0.05, 0) is 41.5 Å². The van der Waals surface area contributed by atoms with Gasteiger partial charge in [0.2, 0.25) is 11.7 Å². The number of amides is 1. The fourth-order valence-corrected chi connectivity index (χ4v) is 3.86. The first-order valence-corrected chi connectivity index (χ1v) is 9.73.